The Morgan fingerprint density at radius 2 is 1.69 bits per heavy atom. The van der Waals surface area contributed by atoms with Crippen molar-refractivity contribution in [1.29, 1.82) is 0 Å². The van der Waals surface area contributed by atoms with Crippen LogP contribution in [0.25, 0.3) is 0 Å². The number of benzene rings is 2. The normalized spacial score (nSPS) is 13.8. The molecule has 1 aromatic heterocycles. The molecule has 4 rings (SSSR count). The lowest BCUT2D eigenvalue weighted by Crippen LogP contribution is -2.29. The number of hydrogen-bond donors (Lipinski definition) is 2. The molecule has 0 aliphatic carbocycles. The van der Waals surface area contributed by atoms with Gasteiger partial charge in [0.05, 0.1) is 23.1 Å². The van der Waals surface area contributed by atoms with Crippen LogP contribution in [0.2, 0.25) is 0 Å². The number of hydrogen-bond acceptors (Lipinski definition) is 4. The molecule has 29 heavy (non-hydrogen) atoms. The topological polar surface area (TPSA) is 57.3 Å². The molecular weight excluding hydrogens is 367 g/mol. The smallest absolute Gasteiger partial charge is 0.257 e. The van der Waals surface area contributed by atoms with Gasteiger partial charge in [-0.25, -0.2) is 4.39 Å². The third kappa shape index (κ3) is 4.71. The van der Waals surface area contributed by atoms with Crippen molar-refractivity contribution >= 4 is 28.7 Å². The Morgan fingerprint density at radius 1 is 0.931 bits per heavy atom. The number of rotatable bonds is 5. The SMILES string of the molecule is O=C(Nc1ccccc1F)c1cncc(Nc2ccc(N3CCCCC3)cc2)c1. The summed E-state index contributed by atoms with van der Waals surface area (Å²) < 4.78 is 13.8. The molecule has 2 heterocycles. The van der Waals surface area contributed by atoms with Crippen LogP contribution in [0.3, 0.4) is 0 Å². The lowest BCUT2D eigenvalue weighted by Gasteiger charge is -2.28. The van der Waals surface area contributed by atoms with E-state index >= 15 is 0 Å². The van der Waals surface area contributed by atoms with Gasteiger partial charge >= 0.3 is 0 Å². The van der Waals surface area contributed by atoms with Crippen LogP contribution >= 0.6 is 0 Å². The van der Waals surface area contributed by atoms with Gasteiger partial charge in [0.15, 0.2) is 0 Å². The molecule has 0 spiro atoms. The van der Waals surface area contributed by atoms with Crippen LogP contribution in [0.15, 0.2) is 67.0 Å². The summed E-state index contributed by atoms with van der Waals surface area (Å²) in [6.07, 6.45) is 6.91. The van der Waals surface area contributed by atoms with E-state index in [0.717, 1.165) is 18.8 Å². The molecular formula is C23H23FN4O. The molecule has 1 aliphatic rings. The molecule has 1 aliphatic heterocycles. The fourth-order valence-electron chi connectivity index (χ4n) is 3.46. The molecule has 148 valence electrons. The van der Waals surface area contributed by atoms with Gasteiger partial charge in [-0.05, 0) is 61.7 Å². The van der Waals surface area contributed by atoms with Crippen LogP contribution in [-0.4, -0.2) is 24.0 Å². The van der Waals surface area contributed by atoms with Crippen molar-refractivity contribution in [2.24, 2.45) is 0 Å². The summed E-state index contributed by atoms with van der Waals surface area (Å²) in [6.45, 7) is 2.21. The van der Waals surface area contributed by atoms with E-state index in [0.29, 0.717) is 11.3 Å². The number of amides is 1. The van der Waals surface area contributed by atoms with Gasteiger partial charge in [0, 0.05) is 30.7 Å². The first-order chi connectivity index (χ1) is 14.2. The number of nitrogens with one attached hydrogen (secondary N) is 2. The molecule has 2 aromatic carbocycles. The van der Waals surface area contributed by atoms with Gasteiger partial charge < -0.3 is 15.5 Å². The number of piperidine rings is 1. The Hall–Kier alpha value is -3.41. The Labute approximate surface area is 169 Å². The van der Waals surface area contributed by atoms with Gasteiger partial charge in [0.25, 0.3) is 5.91 Å². The van der Waals surface area contributed by atoms with E-state index in [9.17, 15) is 9.18 Å². The minimum absolute atomic E-state index is 0.143. The highest BCUT2D eigenvalue weighted by Crippen LogP contribution is 2.24. The standard InChI is InChI=1S/C23H23FN4O/c24-21-6-2-3-7-22(21)27-23(29)17-14-19(16-25-15-17)26-18-8-10-20(11-9-18)28-12-4-1-5-13-28/h2-3,6-11,14-16,26H,1,4-5,12-13H2,(H,27,29). The van der Waals surface area contributed by atoms with Crippen molar-refractivity contribution in [3.63, 3.8) is 0 Å². The second-order valence-corrected chi connectivity index (χ2v) is 7.12. The maximum Gasteiger partial charge on any atom is 0.257 e. The van der Waals surface area contributed by atoms with E-state index in [-0.39, 0.29) is 5.69 Å². The van der Waals surface area contributed by atoms with Gasteiger partial charge in [0.1, 0.15) is 5.82 Å². The van der Waals surface area contributed by atoms with E-state index in [1.807, 2.05) is 12.1 Å². The van der Waals surface area contributed by atoms with Crippen LogP contribution in [-0.2, 0) is 0 Å². The van der Waals surface area contributed by atoms with Crippen molar-refractivity contribution < 1.29 is 9.18 Å². The molecule has 5 nitrogen and oxygen atoms in total. The molecule has 0 atom stereocenters. The maximum atomic E-state index is 13.8. The van der Waals surface area contributed by atoms with Gasteiger partial charge in [0.2, 0.25) is 0 Å². The number of halogens is 1. The first-order valence-electron chi connectivity index (χ1n) is 9.82. The molecule has 6 heteroatoms. The van der Waals surface area contributed by atoms with Crippen LogP contribution in [0, 0.1) is 5.82 Å². The summed E-state index contributed by atoms with van der Waals surface area (Å²) in [5.41, 5.74) is 3.33. The number of aromatic nitrogens is 1. The fraction of sp³-hybridized carbons (Fsp3) is 0.217. The summed E-state index contributed by atoms with van der Waals surface area (Å²) >= 11 is 0. The molecule has 1 amide bonds. The lowest BCUT2D eigenvalue weighted by molar-refractivity contribution is 0.102. The third-order valence-corrected chi connectivity index (χ3v) is 5.00. The van der Waals surface area contributed by atoms with Crippen LogP contribution in [0.1, 0.15) is 29.6 Å². The number of carbonyl (C=O) groups is 1. The second kappa shape index (κ2) is 8.73. The van der Waals surface area contributed by atoms with Gasteiger partial charge in [-0.3, -0.25) is 9.78 Å². The largest absolute Gasteiger partial charge is 0.372 e. The Kier molecular flexibility index (Phi) is 5.70. The van der Waals surface area contributed by atoms with Gasteiger partial charge in [-0.1, -0.05) is 12.1 Å². The van der Waals surface area contributed by atoms with E-state index < -0.39 is 11.7 Å². The minimum atomic E-state index is -0.475. The molecule has 1 fully saturated rings. The third-order valence-electron chi connectivity index (χ3n) is 5.00. The van der Waals surface area contributed by atoms with Crippen molar-refractivity contribution in [2.75, 3.05) is 28.6 Å². The van der Waals surface area contributed by atoms with Crippen LogP contribution in [0.5, 0.6) is 0 Å². The highest BCUT2D eigenvalue weighted by molar-refractivity contribution is 6.04. The Morgan fingerprint density at radius 3 is 2.45 bits per heavy atom. The number of para-hydroxylation sites is 1. The fourth-order valence-corrected chi connectivity index (χ4v) is 3.46. The highest BCUT2D eigenvalue weighted by Gasteiger charge is 2.12. The summed E-state index contributed by atoms with van der Waals surface area (Å²) in [6, 6.07) is 16.0. The van der Waals surface area contributed by atoms with Gasteiger partial charge in [-0.15, -0.1) is 0 Å². The quantitative estimate of drug-likeness (QED) is 0.628. The average molecular weight is 390 g/mol. The summed E-state index contributed by atoms with van der Waals surface area (Å²) in [5.74, 6) is -0.886. The molecule has 2 N–H and O–H groups in total. The second-order valence-electron chi connectivity index (χ2n) is 7.12. The molecule has 3 aromatic rings. The Bertz CT molecular complexity index is 984. The van der Waals surface area contributed by atoms with E-state index in [1.165, 1.54) is 43.3 Å². The van der Waals surface area contributed by atoms with Crippen molar-refractivity contribution in [2.45, 2.75) is 19.3 Å². The predicted octanol–water partition coefficient (Wildman–Crippen LogP) is 5.21. The minimum Gasteiger partial charge on any atom is -0.372 e. The monoisotopic (exact) mass is 390 g/mol. The molecule has 0 unspecified atom stereocenters. The predicted molar refractivity (Wildman–Crippen MR) is 114 cm³/mol. The molecule has 0 bridgehead atoms. The zero-order valence-electron chi connectivity index (χ0n) is 16.1. The van der Waals surface area contributed by atoms with E-state index in [1.54, 1.807) is 24.4 Å². The highest BCUT2D eigenvalue weighted by atomic mass is 19.1. The zero-order valence-corrected chi connectivity index (χ0v) is 16.1. The maximum absolute atomic E-state index is 13.8. The number of anilines is 4. The van der Waals surface area contributed by atoms with Crippen LogP contribution < -0.4 is 15.5 Å². The number of pyridine rings is 1. The first-order valence-corrected chi connectivity index (χ1v) is 9.82. The molecule has 0 radical (unpaired) electrons. The first kappa shape index (κ1) is 18.9. The lowest BCUT2D eigenvalue weighted by atomic mass is 10.1. The summed E-state index contributed by atoms with van der Waals surface area (Å²) in [5, 5.41) is 5.84. The zero-order chi connectivity index (χ0) is 20.1. The van der Waals surface area contributed by atoms with E-state index in [4.69, 9.17) is 0 Å². The van der Waals surface area contributed by atoms with Crippen molar-refractivity contribution in [3.05, 3.63) is 78.4 Å². The average Bonchev–Trinajstić information content (AvgIpc) is 2.77. The summed E-state index contributed by atoms with van der Waals surface area (Å²) in [4.78, 5) is 19.0. The van der Waals surface area contributed by atoms with Gasteiger partial charge in [-0.2, -0.15) is 0 Å². The van der Waals surface area contributed by atoms with Crippen molar-refractivity contribution in [1.82, 2.24) is 4.98 Å². The number of carbonyl (C=O) groups excluding carboxylic acids is 1. The van der Waals surface area contributed by atoms with Crippen LogP contribution in [0.4, 0.5) is 27.1 Å². The summed E-state index contributed by atoms with van der Waals surface area (Å²) in [7, 11) is 0. The molecule has 1 saturated heterocycles. The van der Waals surface area contributed by atoms with E-state index in [2.05, 4.69) is 32.7 Å². The van der Waals surface area contributed by atoms with Crippen molar-refractivity contribution in [3.8, 4) is 0 Å². The Balaban J connectivity index is 1.43. The number of nitrogens with zero attached hydrogens (tertiary/aromatic N) is 2. The molecule has 0 saturated carbocycles.